The van der Waals surface area contributed by atoms with Gasteiger partial charge < -0.3 is 14.6 Å². The number of hydrogen-bond acceptors (Lipinski definition) is 4. The molecule has 1 atom stereocenters. The van der Waals surface area contributed by atoms with Gasteiger partial charge in [0.15, 0.2) is 16.8 Å². The normalized spacial score (nSPS) is 17.0. The molecule has 1 aliphatic carbocycles. The summed E-state index contributed by atoms with van der Waals surface area (Å²) in [4.78, 5) is 39.5. The fourth-order valence-corrected chi connectivity index (χ4v) is 6.78. The summed E-state index contributed by atoms with van der Waals surface area (Å²) in [5.74, 6) is 0.142. The van der Waals surface area contributed by atoms with Crippen LogP contribution in [0.3, 0.4) is 0 Å². The molecule has 1 N–H and O–H groups in total. The summed E-state index contributed by atoms with van der Waals surface area (Å²) in [5.41, 5.74) is 4.92. The number of amides is 2. The van der Waals surface area contributed by atoms with Crippen molar-refractivity contribution in [3.05, 3.63) is 126 Å². The second kappa shape index (κ2) is 15.3. The SMILES string of the molecule is CC(C=C1CCC(c2ccccc2CN2CCCC2=O)CC1)NC(=O)c1cc(=O)c2cc(Cl)cc(Cl)c2o1.Cc1ccc(Cl)cc1. The first-order valence-electron chi connectivity index (χ1n) is 15.6. The molecule has 2 fully saturated rings. The minimum atomic E-state index is -0.474. The number of likely N-dealkylation sites (tertiary alicyclic amines) is 1. The van der Waals surface area contributed by atoms with Gasteiger partial charge in [-0.2, -0.15) is 0 Å². The van der Waals surface area contributed by atoms with Gasteiger partial charge in [0.1, 0.15) is 0 Å². The zero-order chi connectivity index (χ0) is 32.8. The minimum absolute atomic E-state index is 0.0891. The van der Waals surface area contributed by atoms with Crippen molar-refractivity contribution in [2.75, 3.05) is 6.54 Å². The Morgan fingerprint density at radius 3 is 2.37 bits per heavy atom. The Labute approximate surface area is 284 Å². The first-order valence-corrected chi connectivity index (χ1v) is 16.7. The molecule has 2 aliphatic rings. The maximum Gasteiger partial charge on any atom is 0.287 e. The first kappa shape index (κ1) is 33.8. The first-order chi connectivity index (χ1) is 22.1. The molecule has 46 heavy (non-hydrogen) atoms. The van der Waals surface area contributed by atoms with Crippen LogP contribution < -0.4 is 10.7 Å². The Bertz CT molecular complexity index is 1790. The number of benzene rings is 3. The molecule has 1 unspecified atom stereocenters. The summed E-state index contributed by atoms with van der Waals surface area (Å²) in [7, 11) is 0. The Morgan fingerprint density at radius 2 is 1.70 bits per heavy atom. The molecule has 1 aliphatic heterocycles. The summed E-state index contributed by atoms with van der Waals surface area (Å²) in [6.07, 6.45) is 7.64. The summed E-state index contributed by atoms with van der Waals surface area (Å²) in [5, 5.41) is 4.45. The smallest absolute Gasteiger partial charge is 0.287 e. The van der Waals surface area contributed by atoms with Crippen molar-refractivity contribution in [3.63, 3.8) is 0 Å². The predicted molar refractivity (Wildman–Crippen MR) is 186 cm³/mol. The molecule has 9 heteroatoms. The van der Waals surface area contributed by atoms with E-state index in [2.05, 4.69) is 35.7 Å². The van der Waals surface area contributed by atoms with Crippen LogP contribution in [0, 0.1) is 6.92 Å². The Hall–Kier alpha value is -3.58. The van der Waals surface area contributed by atoms with Crippen LogP contribution in [0.4, 0.5) is 0 Å². The Kier molecular flexibility index (Phi) is 11.3. The van der Waals surface area contributed by atoms with Gasteiger partial charge in [0.05, 0.1) is 10.4 Å². The van der Waals surface area contributed by atoms with Gasteiger partial charge in [-0.05, 0) is 87.3 Å². The lowest BCUT2D eigenvalue weighted by molar-refractivity contribution is -0.128. The number of aryl methyl sites for hydroxylation is 1. The highest BCUT2D eigenvalue weighted by Crippen LogP contribution is 2.37. The van der Waals surface area contributed by atoms with Gasteiger partial charge >= 0.3 is 0 Å². The molecule has 1 saturated heterocycles. The molecule has 6 rings (SSSR count). The summed E-state index contributed by atoms with van der Waals surface area (Å²) in [6.45, 7) is 5.49. The molecule has 6 nitrogen and oxygen atoms in total. The van der Waals surface area contributed by atoms with Crippen LogP contribution in [0.15, 0.2) is 87.6 Å². The predicted octanol–water partition coefficient (Wildman–Crippen LogP) is 9.27. The van der Waals surface area contributed by atoms with Gasteiger partial charge in [0.25, 0.3) is 5.91 Å². The van der Waals surface area contributed by atoms with Crippen LogP contribution in [-0.4, -0.2) is 29.3 Å². The molecular formula is C37H37Cl3N2O4. The van der Waals surface area contributed by atoms with E-state index in [1.54, 1.807) is 0 Å². The lowest BCUT2D eigenvalue weighted by Crippen LogP contribution is -2.32. The second-order valence-electron chi connectivity index (χ2n) is 12.0. The topological polar surface area (TPSA) is 79.6 Å². The summed E-state index contributed by atoms with van der Waals surface area (Å²) >= 11 is 17.8. The fourth-order valence-electron chi connectivity index (χ4n) is 6.12. The van der Waals surface area contributed by atoms with Crippen molar-refractivity contribution < 1.29 is 14.0 Å². The average molecular weight is 680 g/mol. The fraction of sp³-hybridized carbons (Fsp3) is 0.324. The maximum atomic E-state index is 12.8. The number of allylic oxidation sites excluding steroid dienone is 1. The Balaban J connectivity index is 0.000000455. The van der Waals surface area contributed by atoms with Crippen LogP contribution in [0.1, 0.15) is 78.6 Å². The van der Waals surface area contributed by atoms with E-state index >= 15 is 0 Å². The third kappa shape index (κ3) is 8.61. The van der Waals surface area contributed by atoms with Crippen molar-refractivity contribution in [3.8, 4) is 0 Å². The maximum absolute atomic E-state index is 12.8. The molecule has 1 aromatic heterocycles. The number of rotatable bonds is 6. The van der Waals surface area contributed by atoms with Gasteiger partial charge in [-0.15, -0.1) is 0 Å². The monoisotopic (exact) mass is 678 g/mol. The van der Waals surface area contributed by atoms with Crippen molar-refractivity contribution >= 4 is 57.6 Å². The quantitative estimate of drug-likeness (QED) is 0.206. The van der Waals surface area contributed by atoms with Gasteiger partial charge in [-0.25, -0.2) is 0 Å². The number of carbonyl (C=O) groups is 2. The van der Waals surface area contributed by atoms with Gasteiger partial charge in [0.2, 0.25) is 5.91 Å². The van der Waals surface area contributed by atoms with Crippen LogP contribution in [0.5, 0.6) is 0 Å². The molecule has 2 heterocycles. The van der Waals surface area contributed by atoms with E-state index in [1.807, 2.05) is 43.0 Å². The third-order valence-electron chi connectivity index (χ3n) is 8.48. The van der Waals surface area contributed by atoms with E-state index < -0.39 is 5.91 Å². The lowest BCUT2D eigenvalue weighted by atomic mass is 9.79. The van der Waals surface area contributed by atoms with E-state index in [9.17, 15) is 14.4 Å². The van der Waals surface area contributed by atoms with E-state index in [0.717, 1.165) is 43.7 Å². The van der Waals surface area contributed by atoms with Crippen molar-refractivity contribution in [1.82, 2.24) is 10.2 Å². The van der Waals surface area contributed by atoms with Gasteiger partial charge in [-0.3, -0.25) is 14.4 Å². The largest absolute Gasteiger partial charge is 0.449 e. The zero-order valence-corrected chi connectivity index (χ0v) is 28.2. The molecular weight excluding hydrogens is 643 g/mol. The molecule has 0 spiro atoms. The number of halogens is 3. The highest BCUT2D eigenvalue weighted by molar-refractivity contribution is 6.38. The number of fused-ring (bicyclic) bond motifs is 1. The van der Waals surface area contributed by atoms with Crippen molar-refractivity contribution in [2.24, 2.45) is 0 Å². The molecule has 0 bridgehead atoms. The van der Waals surface area contributed by atoms with E-state index in [-0.39, 0.29) is 39.1 Å². The molecule has 240 valence electrons. The number of hydrogen-bond donors (Lipinski definition) is 1. The summed E-state index contributed by atoms with van der Waals surface area (Å²) < 4.78 is 5.66. The zero-order valence-electron chi connectivity index (χ0n) is 26.0. The van der Waals surface area contributed by atoms with Crippen LogP contribution in [0.2, 0.25) is 15.1 Å². The van der Waals surface area contributed by atoms with E-state index in [1.165, 1.54) is 40.5 Å². The van der Waals surface area contributed by atoms with E-state index in [0.29, 0.717) is 23.9 Å². The molecule has 3 aromatic carbocycles. The number of carbonyl (C=O) groups excluding carboxylic acids is 2. The Morgan fingerprint density at radius 1 is 0.978 bits per heavy atom. The number of nitrogens with zero attached hydrogens (tertiary/aromatic N) is 1. The van der Waals surface area contributed by atoms with Crippen molar-refractivity contribution in [2.45, 2.75) is 70.9 Å². The van der Waals surface area contributed by atoms with E-state index in [4.69, 9.17) is 39.2 Å². The third-order valence-corrected chi connectivity index (χ3v) is 9.23. The highest BCUT2D eigenvalue weighted by Gasteiger charge is 2.25. The summed E-state index contributed by atoms with van der Waals surface area (Å²) in [6, 6.07) is 20.1. The molecule has 2 amide bonds. The van der Waals surface area contributed by atoms with Gasteiger partial charge in [0, 0.05) is 41.7 Å². The van der Waals surface area contributed by atoms with Gasteiger partial charge in [-0.1, -0.05) is 88.4 Å². The number of nitrogens with one attached hydrogen (secondary N) is 1. The molecule has 0 radical (unpaired) electrons. The van der Waals surface area contributed by atoms with Crippen LogP contribution in [-0.2, 0) is 11.3 Å². The second-order valence-corrected chi connectivity index (χ2v) is 13.3. The molecule has 1 saturated carbocycles. The lowest BCUT2D eigenvalue weighted by Gasteiger charge is -2.28. The molecule has 4 aromatic rings. The standard InChI is InChI=1S/C30H30Cl2N2O4.C7H7Cl/c1-18(33-30(37)27-16-26(35)24-14-22(31)15-25(32)29(24)38-27)13-19-8-10-20(11-9-19)23-6-3-2-5-21(23)17-34-12-4-7-28(34)36;1-6-2-4-7(8)5-3-6/h2-3,5-6,13-16,18,20H,4,7-12,17H2,1H3,(H,33,37);2-5H,1H3. The average Bonchev–Trinajstić information content (AvgIpc) is 3.43. The highest BCUT2D eigenvalue weighted by atomic mass is 35.5. The van der Waals surface area contributed by atoms with Crippen molar-refractivity contribution in [1.29, 1.82) is 0 Å². The van der Waals surface area contributed by atoms with Crippen LogP contribution in [0.25, 0.3) is 11.0 Å². The van der Waals surface area contributed by atoms with Crippen LogP contribution >= 0.6 is 34.8 Å². The minimum Gasteiger partial charge on any atom is -0.449 e.